The van der Waals surface area contributed by atoms with E-state index >= 15 is 0 Å². The molecule has 2 aromatic carbocycles. The van der Waals surface area contributed by atoms with Gasteiger partial charge in [0.25, 0.3) is 0 Å². The average Bonchev–Trinajstić information content (AvgIpc) is 3.20. The molecule has 2 fully saturated rings. The van der Waals surface area contributed by atoms with Crippen LogP contribution in [0.25, 0.3) is 9.81 Å². The molecule has 0 aromatic heterocycles. The van der Waals surface area contributed by atoms with Crippen LogP contribution in [0.15, 0.2) is 117 Å². The second kappa shape index (κ2) is 12.4. The molecule has 4 atom stereocenters. The van der Waals surface area contributed by atoms with Crippen LogP contribution in [0.3, 0.4) is 0 Å². The van der Waals surface area contributed by atoms with Crippen molar-refractivity contribution in [3.63, 3.8) is 0 Å². The SMILES string of the molecule is COOC1C(C(C)=C2C=C(c3ccccc3)SC(C(C)(C)C)=C2)C(=O)C2CC(=C3C=C(c4ccccc4)SC(C(C)(C)C)=C3)C21. The van der Waals surface area contributed by atoms with E-state index in [0.717, 1.165) is 17.6 Å². The molecule has 0 radical (unpaired) electrons. The van der Waals surface area contributed by atoms with Crippen molar-refractivity contribution in [3.8, 4) is 0 Å². The number of benzene rings is 2. The summed E-state index contributed by atoms with van der Waals surface area (Å²) in [5.41, 5.74) is 7.07. The average molecular weight is 637 g/mol. The van der Waals surface area contributed by atoms with Crippen molar-refractivity contribution in [2.45, 2.75) is 61.0 Å². The summed E-state index contributed by atoms with van der Waals surface area (Å²) in [7, 11) is 1.56. The molecule has 6 rings (SSSR count). The lowest BCUT2D eigenvalue weighted by Crippen LogP contribution is -2.36. The van der Waals surface area contributed by atoms with Crippen LogP contribution >= 0.6 is 23.5 Å². The maximum absolute atomic E-state index is 14.2. The van der Waals surface area contributed by atoms with Crippen molar-refractivity contribution >= 4 is 39.1 Å². The number of carbonyl (C=O) groups excluding carboxylic acids is 1. The summed E-state index contributed by atoms with van der Waals surface area (Å²) in [4.78, 5) is 30.8. The van der Waals surface area contributed by atoms with Crippen LogP contribution in [0.5, 0.6) is 0 Å². The summed E-state index contributed by atoms with van der Waals surface area (Å²) in [6.45, 7) is 15.7. The zero-order chi connectivity index (χ0) is 32.1. The second-order valence-corrected chi connectivity index (χ2v) is 16.7. The molecule has 2 aliphatic carbocycles. The number of fused-ring (bicyclic) bond motifs is 1. The molecular weight excluding hydrogens is 593 g/mol. The lowest BCUT2D eigenvalue weighted by Gasteiger charge is -2.38. The van der Waals surface area contributed by atoms with Crippen LogP contribution in [0.1, 0.15) is 66.0 Å². The zero-order valence-corrected chi connectivity index (χ0v) is 29.3. The molecule has 2 heterocycles. The van der Waals surface area contributed by atoms with Gasteiger partial charge in [-0.05, 0) is 80.6 Å². The van der Waals surface area contributed by atoms with Crippen molar-refractivity contribution in [2.75, 3.05) is 7.11 Å². The van der Waals surface area contributed by atoms with Crippen molar-refractivity contribution < 1.29 is 14.6 Å². The first kappa shape index (κ1) is 32.1. The Bertz CT molecular complexity index is 1670. The van der Waals surface area contributed by atoms with E-state index in [1.807, 2.05) is 23.5 Å². The molecule has 3 nitrogen and oxygen atoms in total. The molecule has 0 saturated heterocycles. The Kier molecular flexibility index (Phi) is 8.86. The highest BCUT2D eigenvalue weighted by atomic mass is 32.2. The van der Waals surface area contributed by atoms with Gasteiger partial charge in [0, 0.05) is 21.6 Å². The van der Waals surface area contributed by atoms with Gasteiger partial charge >= 0.3 is 0 Å². The third-order valence-electron chi connectivity index (χ3n) is 9.31. The van der Waals surface area contributed by atoms with Crippen LogP contribution in [0, 0.1) is 28.6 Å². The molecule has 2 saturated carbocycles. The highest BCUT2D eigenvalue weighted by Crippen LogP contribution is 2.58. The fraction of sp³-hybridized carbons (Fsp3) is 0.375. The van der Waals surface area contributed by atoms with E-state index in [1.165, 1.54) is 41.9 Å². The van der Waals surface area contributed by atoms with Crippen LogP contribution in [-0.2, 0) is 14.6 Å². The van der Waals surface area contributed by atoms with Gasteiger partial charge in [0.05, 0.1) is 13.0 Å². The van der Waals surface area contributed by atoms with Crippen LogP contribution in [0.4, 0.5) is 0 Å². The molecule has 4 unspecified atom stereocenters. The Hall–Kier alpha value is -2.83. The first-order chi connectivity index (χ1) is 21.4. The van der Waals surface area contributed by atoms with Gasteiger partial charge in [0.15, 0.2) is 0 Å². The lowest BCUT2D eigenvalue weighted by atomic mass is 9.68. The van der Waals surface area contributed by atoms with Gasteiger partial charge < -0.3 is 0 Å². The first-order valence-electron chi connectivity index (χ1n) is 15.9. The molecule has 0 bridgehead atoms. The Labute approximate surface area is 277 Å². The van der Waals surface area contributed by atoms with Crippen LogP contribution in [0.2, 0.25) is 0 Å². The van der Waals surface area contributed by atoms with Gasteiger partial charge in [-0.15, -0.1) is 0 Å². The van der Waals surface area contributed by atoms with E-state index in [2.05, 4.69) is 133 Å². The maximum Gasteiger partial charge on any atom is 0.146 e. The predicted octanol–water partition coefficient (Wildman–Crippen LogP) is 10.8. The van der Waals surface area contributed by atoms with E-state index in [-0.39, 0.29) is 40.5 Å². The molecule has 2 aromatic rings. The first-order valence-corrected chi connectivity index (χ1v) is 17.5. The fourth-order valence-corrected chi connectivity index (χ4v) is 9.05. The molecular formula is C40H44O3S2. The number of hydrogen-bond donors (Lipinski definition) is 0. The fourth-order valence-electron chi connectivity index (χ4n) is 6.71. The molecule has 0 spiro atoms. The number of hydrogen-bond acceptors (Lipinski definition) is 5. The van der Waals surface area contributed by atoms with E-state index in [0.29, 0.717) is 0 Å². The number of thioether (sulfide) groups is 2. The highest BCUT2D eigenvalue weighted by Gasteiger charge is 2.59. The standard InChI is InChI=1S/C40H44O3S2/c1-24(27-19-31(25-15-11-9-12-16-25)44-33(21-27)39(2,3)4)35-37(41)30-23-29(36(30)38(35)43-42-8)28-20-32(26-17-13-10-14-18-26)45-34(22-28)40(5,6)7/h9-22,30,35-36,38H,23H2,1-8H3. The summed E-state index contributed by atoms with van der Waals surface area (Å²) in [6, 6.07) is 21.1. The third kappa shape index (κ3) is 6.30. The minimum Gasteiger partial charge on any atom is -0.299 e. The van der Waals surface area contributed by atoms with Crippen LogP contribution in [-0.4, -0.2) is 19.0 Å². The highest BCUT2D eigenvalue weighted by molar-refractivity contribution is 8.12. The molecule has 5 heteroatoms. The minimum atomic E-state index is -0.375. The Morgan fingerprint density at radius 1 is 0.756 bits per heavy atom. The third-order valence-corrected chi connectivity index (χ3v) is 12.4. The van der Waals surface area contributed by atoms with Gasteiger partial charge in [-0.3, -0.25) is 4.79 Å². The Morgan fingerprint density at radius 2 is 1.29 bits per heavy atom. The topological polar surface area (TPSA) is 35.5 Å². The molecule has 45 heavy (non-hydrogen) atoms. The normalized spacial score (nSPS) is 28.0. The largest absolute Gasteiger partial charge is 0.299 e. The molecule has 234 valence electrons. The van der Waals surface area contributed by atoms with E-state index < -0.39 is 0 Å². The van der Waals surface area contributed by atoms with Crippen molar-refractivity contribution in [1.29, 1.82) is 0 Å². The number of Topliss-reactive ketones (excluding diaryl/α,β-unsaturated/α-hetero) is 1. The van der Waals surface area contributed by atoms with Gasteiger partial charge in [0.2, 0.25) is 0 Å². The summed E-state index contributed by atoms with van der Waals surface area (Å²) in [5, 5.41) is 0. The molecule has 0 N–H and O–H groups in total. The number of rotatable bonds is 5. The summed E-state index contributed by atoms with van der Waals surface area (Å²) >= 11 is 3.68. The van der Waals surface area contributed by atoms with Crippen molar-refractivity contribution in [2.24, 2.45) is 28.6 Å². The summed E-state index contributed by atoms with van der Waals surface area (Å²) in [5.74, 6) is -0.177. The Morgan fingerprint density at radius 3 is 1.82 bits per heavy atom. The molecule has 0 amide bonds. The van der Waals surface area contributed by atoms with Crippen molar-refractivity contribution in [1.82, 2.24) is 0 Å². The van der Waals surface area contributed by atoms with Gasteiger partial charge in [-0.2, -0.15) is 0 Å². The minimum absolute atomic E-state index is 0.00424. The lowest BCUT2D eigenvalue weighted by molar-refractivity contribution is -0.317. The monoisotopic (exact) mass is 636 g/mol. The smallest absolute Gasteiger partial charge is 0.146 e. The van der Waals surface area contributed by atoms with Gasteiger partial charge in [-0.25, -0.2) is 9.78 Å². The summed E-state index contributed by atoms with van der Waals surface area (Å²) < 4.78 is 0. The number of carbonyl (C=O) groups is 1. The van der Waals surface area contributed by atoms with E-state index in [4.69, 9.17) is 9.78 Å². The molecule has 2 aliphatic heterocycles. The molecule has 4 aliphatic rings. The van der Waals surface area contributed by atoms with Crippen LogP contribution < -0.4 is 0 Å². The van der Waals surface area contributed by atoms with E-state index in [1.54, 1.807) is 7.11 Å². The van der Waals surface area contributed by atoms with Gasteiger partial charge in [-0.1, -0.05) is 137 Å². The number of allylic oxidation sites excluding steroid dienone is 8. The van der Waals surface area contributed by atoms with Crippen molar-refractivity contribution in [3.05, 3.63) is 128 Å². The predicted molar refractivity (Wildman–Crippen MR) is 191 cm³/mol. The quantitative estimate of drug-likeness (QED) is 0.241. The number of ketones is 1. The zero-order valence-electron chi connectivity index (χ0n) is 27.6. The van der Waals surface area contributed by atoms with Gasteiger partial charge in [0.1, 0.15) is 11.9 Å². The maximum atomic E-state index is 14.2. The Balaban J connectivity index is 1.44. The summed E-state index contributed by atoms with van der Waals surface area (Å²) in [6.07, 6.45) is 9.60. The second-order valence-electron chi connectivity index (χ2n) is 14.5. The van der Waals surface area contributed by atoms with E-state index in [9.17, 15) is 4.79 Å².